The lowest BCUT2D eigenvalue weighted by Crippen LogP contribution is -2.33. The number of nitrogens with zero attached hydrogens (tertiary/aromatic N) is 6. The number of ether oxygens (including phenoxy) is 1. The lowest BCUT2D eigenvalue weighted by Gasteiger charge is -2.29. The summed E-state index contributed by atoms with van der Waals surface area (Å²) in [5.41, 5.74) is 2.60. The largest absolute Gasteiger partial charge is 0.394 e. The van der Waals surface area contributed by atoms with Gasteiger partial charge in [0.1, 0.15) is 24.6 Å². The van der Waals surface area contributed by atoms with E-state index in [0.717, 1.165) is 11.1 Å². The Morgan fingerprint density at radius 2 is 2.06 bits per heavy atom. The SMILES string of the molecule is O=[N+]([O-])c1cccc2c1CCN(c1ncnc3c1ncn3[C@@H]1O[C@H](CO)[C@@H](O)[C@H]1O)C2. The van der Waals surface area contributed by atoms with Gasteiger partial charge in [0.25, 0.3) is 5.69 Å². The molecule has 0 amide bonds. The average molecular weight is 428 g/mol. The molecule has 2 aliphatic heterocycles. The predicted molar refractivity (Wildman–Crippen MR) is 106 cm³/mol. The normalized spacial score (nSPS) is 25.7. The van der Waals surface area contributed by atoms with Crippen molar-refractivity contribution in [3.63, 3.8) is 0 Å². The van der Waals surface area contributed by atoms with E-state index in [1.54, 1.807) is 6.07 Å². The van der Waals surface area contributed by atoms with Crippen LogP contribution in [0.4, 0.5) is 11.5 Å². The molecule has 12 nitrogen and oxygen atoms in total. The molecule has 1 saturated heterocycles. The average Bonchev–Trinajstić information content (AvgIpc) is 3.33. The molecule has 2 aliphatic rings. The fourth-order valence-electron chi connectivity index (χ4n) is 4.31. The first-order chi connectivity index (χ1) is 15.0. The van der Waals surface area contributed by atoms with Crippen LogP contribution >= 0.6 is 0 Å². The zero-order valence-electron chi connectivity index (χ0n) is 16.3. The second kappa shape index (κ2) is 7.50. The molecule has 0 spiro atoms. The summed E-state index contributed by atoms with van der Waals surface area (Å²) in [7, 11) is 0. The topological polar surface area (TPSA) is 160 Å². The van der Waals surface area contributed by atoms with Crippen molar-refractivity contribution in [2.24, 2.45) is 0 Å². The Hall–Kier alpha value is -3.19. The van der Waals surface area contributed by atoms with Gasteiger partial charge < -0.3 is 25.0 Å². The summed E-state index contributed by atoms with van der Waals surface area (Å²) in [6.45, 7) is 0.523. The summed E-state index contributed by atoms with van der Waals surface area (Å²) in [4.78, 5) is 26.0. The maximum atomic E-state index is 11.3. The van der Waals surface area contributed by atoms with Crippen LogP contribution in [-0.2, 0) is 17.7 Å². The number of rotatable bonds is 4. The van der Waals surface area contributed by atoms with Gasteiger partial charge in [-0.2, -0.15) is 0 Å². The molecule has 4 heterocycles. The van der Waals surface area contributed by atoms with Crippen molar-refractivity contribution in [1.82, 2.24) is 19.5 Å². The number of hydrogen-bond donors (Lipinski definition) is 3. The minimum atomic E-state index is -1.25. The van der Waals surface area contributed by atoms with Gasteiger partial charge in [-0.05, 0) is 12.0 Å². The van der Waals surface area contributed by atoms with E-state index < -0.39 is 31.1 Å². The first-order valence-electron chi connectivity index (χ1n) is 9.79. The summed E-state index contributed by atoms with van der Waals surface area (Å²) < 4.78 is 7.10. The van der Waals surface area contributed by atoms with Crippen LogP contribution in [0.5, 0.6) is 0 Å². The Labute approximate surface area is 175 Å². The van der Waals surface area contributed by atoms with Crippen LogP contribution in [0.1, 0.15) is 17.4 Å². The lowest BCUT2D eigenvalue weighted by atomic mass is 9.98. The third kappa shape index (κ3) is 3.11. The molecule has 3 aromatic rings. The molecule has 2 aromatic heterocycles. The molecule has 31 heavy (non-hydrogen) atoms. The third-order valence-corrected chi connectivity index (χ3v) is 5.87. The molecule has 162 valence electrons. The number of nitro groups is 1. The number of fused-ring (bicyclic) bond motifs is 2. The number of anilines is 1. The van der Waals surface area contributed by atoms with E-state index in [9.17, 15) is 25.4 Å². The number of hydrogen-bond acceptors (Lipinski definition) is 10. The molecule has 0 radical (unpaired) electrons. The second-order valence-corrected chi connectivity index (χ2v) is 7.59. The van der Waals surface area contributed by atoms with Crippen molar-refractivity contribution in [3.05, 3.63) is 52.1 Å². The number of aliphatic hydroxyl groups excluding tert-OH is 3. The molecule has 0 bridgehead atoms. The molecule has 12 heteroatoms. The van der Waals surface area contributed by atoms with Gasteiger partial charge in [0.15, 0.2) is 23.2 Å². The van der Waals surface area contributed by atoms with E-state index >= 15 is 0 Å². The predicted octanol–water partition coefficient (Wildman–Crippen LogP) is -0.0913. The van der Waals surface area contributed by atoms with Crippen LogP contribution in [0, 0.1) is 10.1 Å². The summed E-state index contributed by atoms with van der Waals surface area (Å²) in [6, 6.07) is 5.05. The minimum absolute atomic E-state index is 0.124. The van der Waals surface area contributed by atoms with Crippen molar-refractivity contribution < 1.29 is 25.0 Å². The van der Waals surface area contributed by atoms with Crippen LogP contribution < -0.4 is 4.90 Å². The fourth-order valence-corrected chi connectivity index (χ4v) is 4.31. The van der Waals surface area contributed by atoms with Crippen LogP contribution in [0.3, 0.4) is 0 Å². The highest BCUT2D eigenvalue weighted by atomic mass is 16.6. The highest BCUT2D eigenvalue weighted by Gasteiger charge is 2.44. The molecular weight excluding hydrogens is 408 g/mol. The molecule has 0 unspecified atom stereocenters. The van der Waals surface area contributed by atoms with Gasteiger partial charge in [-0.1, -0.05) is 12.1 Å². The van der Waals surface area contributed by atoms with Crippen LogP contribution in [0.25, 0.3) is 11.2 Å². The van der Waals surface area contributed by atoms with E-state index in [4.69, 9.17) is 4.74 Å². The number of nitro benzene ring substituents is 1. The van der Waals surface area contributed by atoms with Gasteiger partial charge in [0, 0.05) is 24.7 Å². The van der Waals surface area contributed by atoms with Gasteiger partial charge in [-0.15, -0.1) is 0 Å². The highest BCUT2D eigenvalue weighted by Crippen LogP contribution is 2.34. The van der Waals surface area contributed by atoms with E-state index in [0.29, 0.717) is 36.5 Å². The van der Waals surface area contributed by atoms with Crippen molar-refractivity contribution >= 4 is 22.7 Å². The number of aromatic nitrogens is 4. The van der Waals surface area contributed by atoms with E-state index in [-0.39, 0.29) is 10.6 Å². The summed E-state index contributed by atoms with van der Waals surface area (Å²) in [5, 5.41) is 41.0. The van der Waals surface area contributed by atoms with Crippen LogP contribution in [0.15, 0.2) is 30.9 Å². The Morgan fingerprint density at radius 1 is 1.23 bits per heavy atom. The van der Waals surface area contributed by atoms with Crippen molar-refractivity contribution in [2.75, 3.05) is 18.1 Å². The summed E-state index contributed by atoms with van der Waals surface area (Å²) in [6.07, 6.45) is -1.03. The van der Waals surface area contributed by atoms with Gasteiger partial charge in [-0.3, -0.25) is 14.7 Å². The van der Waals surface area contributed by atoms with Gasteiger partial charge in [-0.25, -0.2) is 15.0 Å². The molecule has 0 aliphatic carbocycles. The zero-order chi connectivity index (χ0) is 21.7. The van der Waals surface area contributed by atoms with E-state index in [1.165, 1.54) is 23.3 Å². The fraction of sp³-hybridized carbons (Fsp3) is 0.421. The van der Waals surface area contributed by atoms with Crippen molar-refractivity contribution in [3.8, 4) is 0 Å². The maximum absolute atomic E-state index is 11.3. The molecule has 4 atom stereocenters. The Bertz CT molecular complexity index is 1150. The second-order valence-electron chi connectivity index (χ2n) is 7.59. The third-order valence-electron chi connectivity index (χ3n) is 5.87. The van der Waals surface area contributed by atoms with Gasteiger partial charge in [0.2, 0.25) is 0 Å². The van der Waals surface area contributed by atoms with Gasteiger partial charge in [0.05, 0.1) is 17.9 Å². The van der Waals surface area contributed by atoms with Crippen LogP contribution in [-0.4, -0.2) is 71.2 Å². The first-order valence-corrected chi connectivity index (χ1v) is 9.79. The van der Waals surface area contributed by atoms with E-state index in [2.05, 4.69) is 15.0 Å². The quantitative estimate of drug-likeness (QED) is 0.378. The molecular formula is C19H20N6O6. The van der Waals surface area contributed by atoms with Crippen LogP contribution in [0.2, 0.25) is 0 Å². The number of imidazole rings is 1. The monoisotopic (exact) mass is 428 g/mol. The Kier molecular flexibility index (Phi) is 4.78. The zero-order valence-corrected chi connectivity index (χ0v) is 16.3. The standard InChI is InChI=1S/C19H20N6O6/c26-7-13-15(27)16(28)19(31-13)24-9-22-14-17(20-8-21-18(14)24)23-5-4-11-10(6-23)2-1-3-12(11)25(29)30/h1-3,8-9,13,15-16,19,26-28H,4-7H2/t13-,15-,16-,19-/m1/s1. The molecule has 1 aromatic carbocycles. The highest BCUT2D eigenvalue weighted by molar-refractivity contribution is 5.83. The van der Waals surface area contributed by atoms with Crippen molar-refractivity contribution in [2.45, 2.75) is 37.5 Å². The maximum Gasteiger partial charge on any atom is 0.272 e. The molecule has 0 saturated carbocycles. The Morgan fingerprint density at radius 3 is 2.81 bits per heavy atom. The molecule has 1 fully saturated rings. The molecule has 5 rings (SSSR count). The first kappa shape index (κ1) is 19.8. The minimum Gasteiger partial charge on any atom is -0.394 e. The van der Waals surface area contributed by atoms with Crippen molar-refractivity contribution in [1.29, 1.82) is 0 Å². The Balaban J connectivity index is 1.49. The van der Waals surface area contributed by atoms with Gasteiger partial charge >= 0.3 is 0 Å². The number of benzene rings is 1. The summed E-state index contributed by atoms with van der Waals surface area (Å²) in [5.74, 6) is 0.563. The number of aliphatic hydroxyl groups is 3. The smallest absolute Gasteiger partial charge is 0.272 e. The summed E-state index contributed by atoms with van der Waals surface area (Å²) >= 11 is 0. The lowest BCUT2D eigenvalue weighted by molar-refractivity contribution is -0.385. The van der Waals surface area contributed by atoms with E-state index in [1.807, 2.05) is 11.0 Å². The molecule has 3 N–H and O–H groups in total.